The molecular formula is C16H21ClN4O4. The van der Waals surface area contributed by atoms with Gasteiger partial charge in [0.15, 0.2) is 0 Å². The first-order chi connectivity index (χ1) is 11.8. The van der Waals surface area contributed by atoms with Gasteiger partial charge in [-0.3, -0.25) is 19.7 Å². The molecule has 0 saturated carbocycles. The van der Waals surface area contributed by atoms with Gasteiger partial charge in [-0.2, -0.15) is 0 Å². The fraction of sp³-hybridized carbons (Fsp3) is 0.500. The average Bonchev–Trinajstić information content (AvgIpc) is 2.50. The van der Waals surface area contributed by atoms with Crippen LogP contribution in [-0.2, 0) is 4.79 Å². The number of benzene rings is 1. The number of carbonyl (C=O) groups excluding carboxylic acids is 2. The molecule has 2 rings (SSSR count). The molecule has 136 valence electrons. The van der Waals surface area contributed by atoms with Gasteiger partial charge >= 0.3 is 0 Å². The van der Waals surface area contributed by atoms with Crippen molar-refractivity contribution in [1.29, 1.82) is 0 Å². The Morgan fingerprint density at radius 1 is 1.40 bits per heavy atom. The zero-order valence-electron chi connectivity index (χ0n) is 14.0. The zero-order valence-corrected chi connectivity index (χ0v) is 14.8. The van der Waals surface area contributed by atoms with E-state index in [1.165, 1.54) is 12.1 Å². The topological polar surface area (TPSA) is 113 Å². The highest BCUT2D eigenvalue weighted by Gasteiger charge is 2.27. The number of non-ortho nitro benzene ring substituents is 1. The summed E-state index contributed by atoms with van der Waals surface area (Å²) >= 11 is 5.97. The highest BCUT2D eigenvalue weighted by Crippen LogP contribution is 2.22. The van der Waals surface area contributed by atoms with E-state index >= 15 is 0 Å². The molecule has 25 heavy (non-hydrogen) atoms. The van der Waals surface area contributed by atoms with Crippen LogP contribution in [-0.4, -0.2) is 42.4 Å². The van der Waals surface area contributed by atoms with Gasteiger partial charge in [-0.05, 0) is 12.0 Å². The summed E-state index contributed by atoms with van der Waals surface area (Å²) in [7, 11) is 0. The van der Waals surface area contributed by atoms with Gasteiger partial charge in [0.05, 0.1) is 15.5 Å². The smallest absolute Gasteiger partial charge is 0.270 e. The van der Waals surface area contributed by atoms with Gasteiger partial charge in [0, 0.05) is 37.7 Å². The number of nitrogens with zero attached hydrogens (tertiary/aromatic N) is 1. The lowest BCUT2D eigenvalue weighted by Gasteiger charge is -2.29. The lowest BCUT2D eigenvalue weighted by Crippen LogP contribution is -2.53. The SMILES string of the molecule is CC(C)C(NC(=O)c1ccc([N+](=O)[O-])cc1Cl)C(=O)NCC1CNC1. The van der Waals surface area contributed by atoms with Crippen LogP contribution in [0.4, 0.5) is 5.69 Å². The molecular weight excluding hydrogens is 348 g/mol. The molecule has 0 bridgehead atoms. The molecule has 1 saturated heterocycles. The van der Waals surface area contributed by atoms with Crippen molar-refractivity contribution >= 4 is 29.1 Å². The number of nitrogens with one attached hydrogen (secondary N) is 3. The quantitative estimate of drug-likeness (QED) is 0.496. The van der Waals surface area contributed by atoms with Crippen LogP contribution >= 0.6 is 11.6 Å². The molecule has 0 aromatic heterocycles. The minimum atomic E-state index is -0.716. The van der Waals surface area contributed by atoms with Crippen molar-refractivity contribution in [2.75, 3.05) is 19.6 Å². The first-order valence-corrected chi connectivity index (χ1v) is 8.40. The van der Waals surface area contributed by atoms with Crippen molar-refractivity contribution in [3.05, 3.63) is 38.9 Å². The summed E-state index contributed by atoms with van der Waals surface area (Å²) in [4.78, 5) is 34.9. The minimum Gasteiger partial charge on any atom is -0.354 e. The van der Waals surface area contributed by atoms with Gasteiger partial charge in [0.1, 0.15) is 6.04 Å². The second-order valence-corrected chi connectivity index (χ2v) is 6.79. The first kappa shape index (κ1) is 19.1. The van der Waals surface area contributed by atoms with Crippen LogP contribution in [0, 0.1) is 22.0 Å². The third-order valence-corrected chi connectivity index (χ3v) is 4.39. The van der Waals surface area contributed by atoms with E-state index in [2.05, 4.69) is 16.0 Å². The molecule has 0 radical (unpaired) electrons. The van der Waals surface area contributed by atoms with Crippen LogP contribution in [0.25, 0.3) is 0 Å². The Labute approximate surface area is 150 Å². The fourth-order valence-electron chi connectivity index (χ4n) is 2.40. The number of nitro benzene ring substituents is 1. The third-order valence-electron chi connectivity index (χ3n) is 4.07. The van der Waals surface area contributed by atoms with E-state index in [0.29, 0.717) is 12.5 Å². The molecule has 0 spiro atoms. The molecule has 8 nitrogen and oxygen atoms in total. The Morgan fingerprint density at radius 3 is 2.56 bits per heavy atom. The van der Waals surface area contributed by atoms with E-state index in [4.69, 9.17) is 11.6 Å². The van der Waals surface area contributed by atoms with Gasteiger partial charge in [-0.1, -0.05) is 25.4 Å². The highest BCUT2D eigenvalue weighted by atomic mass is 35.5. The van der Waals surface area contributed by atoms with E-state index in [9.17, 15) is 19.7 Å². The summed E-state index contributed by atoms with van der Waals surface area (Å²) in [5, 5.41) is 19.3. The largest absolute Gasteiger partial charge is 0.354 e. The van der Waals surface area contributed by atoms with Crippen LogP contribution in [0.3, 0.4) is 0 Å². The maximum Gasteiger partial charge on any atom is 0.270 e. The highest BCUT2D eigenvalue weighted by molar-refractivity contribution is 6.34. The maximum atomic E-state index is 12.4. The number of halogens is 1. The molecule has 1 heterocycles. The third kappa shape index (κ3) is 4.90. The Kier molecular flexibility index (Phi) is 6.33. The zero-order chi connectivity index (χ0) is 18.6. The predicted octanol–water partition coefficient (Wildman–Crippen LogP) is 1.34. The number of rotatable bonds is 7. The summed E-state index contributed by atoms with van der Waals surface area (Å²) in [6, 6.07) is 2.89. The van der Waals surface area contributed by atoms with E-state index in [1.807, 2.05) is 13.8 Å². The van der Waals surface area contributed by atoms with Crippen LogP contribution in [0.2, 0.25) is 5.02 Å². The number of amides is 2. The normalized spacial score (nSPS) is 15.4. The Balaban J connectivity index is 2.03. The van der Waals surface area contributed by atoms with Gasteiger partial charge < -0.3 is 16.0 Å². The fourth-order valence-corrected chi connectivity index (χ4v) is 2.66. The van der Waals surface area contributed by atoms with Crippen molar-refractivity contribution in [1.82, 2.24) is 16.0 Å². The number of carbonyl (C=O) groups is 2. The summed E-state index contributed by atoms with van der Waals surface area (Å²) in [6.45, 7) is 5.96. The summed E-state index contributed by atoms with van der Waals surface area (Å²) < 4.78 is 0. The molecule has 1 aliphatic rings. The Hall–Kier alpha value is -2.19. The van der Waals surface area contributed by atoms with Crippen molar-refractivity contribution in [3.8, 4) is 0 Å². The Morgan fingerprint density at radius 2 is 2.08 bits per heavy atom. The van der Waals surface area contributed by atoms with Crippen molar-refractivity contribution in [3.63, 3.8) is 0 Å². The second-order valence-electron chi connectivity index (χ2n) is 6.39. The predicted molar refractivity (Wildman–Crippen MR) is 93.6 cm³/mol. The molecule has 1 fully saturated rings. The van der Waals surface area contributed by atoms with Crippen LogP contribution in [0.1, 0.15) is 24.2 Å². The van der Waals surface area contributed by atoms with Gasteiger partial charge in [0.25, 0.3) is 11.6 Å². The number of hydrogen-bond acceptors (Lipinski definition) is 5. The second kappa shape index (κ2) is 8.26. The lowest BCUT2D eigenvalue weighted by molar-refractivity contribution is -0.384. The maximum absolute atomic E-state index is 12.4. The van der Waals surface area contributed by atoms with E-state index in [-0.39, 0.29) is 28.1 Å². The number of nitro groups is 1. The molecule has 1 aromatic rings. The minimum absolute atomic E-state index is 0.0323. The average molecular weight is 369 g/mol. The molecule has 1 atom stereocenters. The molecule has 9 heteroatoms. The van der Waals surface area contributed by atoms with Crippen molar-refractivity contribution in [2.45, 2.75) is 19.9 Å². The van der Waals surface area contributed by atoms with Crippen LogP contribution in [0.15, 0.2) is 18.2 Å². The van der Waals surface area contributed by atoms with Gasteiger partial charge in [-0.15, -0.1) is 0 Å². The van der Waals surface area contributed by atoms with Crippen LogP contribution in [0.5, 0.6) is 0 Å². The van der Waals surface area contributed by atoms with Gasteiger partial charge in [-0.25, -0.2) is 0 Å². The van der Waals surface area contributed by atoms with Crippen molar-refractivity contribution < 1.29 is 14.5 Å². The Bertz CT molecular complexity index is 676. The van der Waals surface area contributed by atoms with E-state index in [0.717, 1.165) is 19.2 Å². The summed E-state index contributed by atoms with van der Waals surface area (Å²) in [5.41, 5.74) is -0.109. The monoisotopic (exact) mass is 368 g/mol. The molecule has 2 amide bonds. The van der Waals surface area contributed by atoms with Crippen molar-refractivity contribution in [2.24, 2.45) is 11.8 Å². The molecule has 1 unspecified atom stereocenters. The first-order valence-electron chi connectivity index (χ1n) is 8.02. The van der Waals surface area contributed by atoms with E-state index < -0.39 is 16.9 Å². The van der Waals surface area contributed by atoms with E-state index in [1.54, 1.807) is 0 Å². The molecule has 1 aromatic carbocycles. The standard InChI is InChI=1S/C16H21ClN4O4/c1-9(2)14(16(23)19-8-10-6-18-7-10)20-15(22)12-4-3-11(21(24)25)5-13(12)17/h3-5,9-10,14,18H,6-8H2,1-2H3,(H,19,23)(H,20,22). The molecule has 1 aliphatic heterocycles. The van der Waals surface area contributed by atoms with Crippen LogP contribution < -0.4 is 16.0 Å². The summed E-state index contributed by atoms with van der Waals surface area (Å²) in [6.07, 6.45) is 0. The molecule has 0 aliphatic carbocycles. The summed E-state index contributed by atoms with van der Waals surface area (Å²) in [5.74, 6) is -0.510. The number of hydrogen-bond donors (Lipinski definition) is 3. The molecule has 3 N–H and O–H groups in total. The van der Waals surface area contributed by atoms with Gasteiger partial charge in [0.2, 0.25) is 5.91 Å². The lowest BCUT2D eigenvalue weighted by atomic mass is 10.0.